The molecule has 0 bridgehead atoms. The molecule has 118 valence electrons. The zero-order valence-corrected chi connectivity index (χ0v) is 13.3. The van der Waals surface area contributed by atoms with Crippen LogP contribution in [0.2, 0.25) is 0 Å². The molecule has 0 saturated heterocycles. The Hall–Kier alpha value is -1.95. The van der Waals surface area contributed by atoms with Crippen LogP contribution in [0.15, 0.2) is 22.4 Å². The van der Waals surface area contributed by atoms with E-state index < -0.39 is 24.0 Å². The Kier molecular flexibility index (Phi) is 5.13. The first-order valence-electron chi connectivity index (χ1n) is 7.07. The molecule has 3 atom stereocenters. The summed E-state index contributed by atoms with van der Waals surface area (Å²) in [7, 11) is 0. The van der Waals surface area contributed by atoms with Crippen molar-refractivity contribution in [1.82, 2.24) is 0 Å². The Morgan fingerprint density at radius 3 is 2.86 bits per heavy atom. The molecule has 0 spiro atoms. The van der Waals surface area contributed by atoms with Gasteiger partial charge in [0.1, 0.15) is 6.10 Å². The molecule has 1 aromatic rings. The first-order valence-corrected chi connectivity index (χ1v) is 8.02. The zero-order chi connectivity index (χ0) is 16.3. The molecule has 0 aromatic carbocycles. The van der Waals surface area contributed by atoms with E-state index in [1.54, 1.807) is 6.08 Å². The summed E-state index contributed by atoms with van der Waals surface area (Å²) in [6.07, 6.45) is 1.21. The highest BCUT2D eigenvalue weighted by Crippen LogP contribution is 2.32. The molecule has 3 unspecified atom stereocenters. The van der Waals surface area contributed by atoms with Crippen LogP contribution >= 0.6 is 11.3 Å². The van der Waals surface area contributed by atoms with E-state index in [2.05, 4.69) is 0 Å². The van der Waals surface area contributed by atoms with E-state index in [1.807, 2.05) is 23.8 Å². The first kappa shape index (κ1) is 16.4. The highest BCUT2D eigenvalue weighted by molar-refractivity contribution is 7.08. The zero-order valence-electron chi connectivity index (χ0n) is 12.4. The maximum atomic E-state index is 12.1. The summed E-state index contributed by atoms with van der Waals surface area (Å²) in [5.74, 6) is -2.48. The molecular formula is C16H18O5S. The van der Waals surface area contributed by atoms with Crippen LogP contribution in [0.25, 0.3) is 6.08 Å². The standard InChI is InChI=1S/C16H18O5S/c1-9-5-13(17)12(7-11-3-4-22-8-11)15(9)21-16(20)10(2)6-14(18)19/h3-4,7-10,15H,5-6H2,1-2H3,(H,18,19)/b12-7+. The van der Waals surface area contributed by atoms with Crippen LogP contribution in [-0.2, 0) is 19.1 Å². The lowest BCUT2D eigenvalue weighted by atomic mass is 10.0. The lowest BCUT2D eigenvalue weighted by Gasteiger charge is -2.19. The van der Waals surface area contributed by atoms with Crippen molar-refractivity contribution in [3.8, 4) is 0 Å². The van der Waals surface area contributed by atoms with Crippen molar-refractivity contribution in [1.29, 1.82) is 0 Å². The predicted octanol–water partition coefficient (Wildman–Crippen LogP) is 2.76. The van der Waals surface area contributed by atoms with Crippen molar-refractivity contribution in [2.24, 2.45) is 11.8 Å². The number of thiophene rings is 1. The first-order chi connectivity index (χ1) is 10.4. The van der Waals surface area contributed by atoms with Crippen LogP contribution in [0.3, 0.4) is 0 Å². The molecule has 22 heavy (non-hydrogen) atoms. The third kappa shape index (κ3) is 3.82. The Bertz CT molecular complexity index is 602. The fourth-order valence-corrected chi connectivity index (χ4v) is 3.07. The summed E-state index contributed by atoms with van der Waals surface area (Å²) >= 11 is 1.52. The van der Waals surface area contributed by atoms with Crippen LogP contribution in [0.4, 0.5) is 0 Å². The Labute approximate surface area is 132 Å². The summed E-state index contributed by atoms with van der Waals surface area (Å²) in [6, 6.07) is 1.89. The fraction of sp³-hybridized carbons (Fsp3) is 0.438. The third-order valence-electron chi connectivity index (χ3n) is 3.64. The lowest BCUT2D eigenvalue weighted by Crippen LogP contribution is -2.27. The van der Waals surface area contributed by atoms with Gasteiger partial charge in [-0.05, 0) is 28.5 Å². The molecule has 0 amide bonds. The number of Topliss-reactive ketones (excluding diaryl/α,β-unsaturated/α-hetero) is 1. The molecule has 1 aliphatic carbocycles. The van der Waals surface area contributed by atoms with Crippen molar-refractivity contribution in [2.75, 3.05) is 0 Å². The van der Waals surface area contributed by atoms with Crippen molar-refractivity contribution < 1.29 is 24.2 Å². The van der Waals surface area contributed by atoms with Gasteiger partial charge in [0.05, 0.1) is 12.3 Å². The number of aliphatic carboxylic acids is 1. The number of ketones is 1. The molecular weight excluding hydrogens is 304 g/mol. The molecule has 1 aromatic heterocycles. The van der Waals surface area contributed by atoms with Gasteiger partial charge in [0.2, 0.25) is 0 Å². The van der Waals surface area contributed by atoms with Gasteiger partial charge >= 0.3 is 11.9 Å². The number of ether oxygens (including phenoxy) is 1. The molecule has 5 nitrogen and oxygen atoms in total. The third-order valence-corrected chi connectivity index (χ3v) is 4.35. The smallest absolute Gasteiger partial charge is 0.309 e. The number of hydrogen-bond donors (Lipinski definition) is 1. The Balaban J connectivity index is 2.14. The normalized spacial score (nSPS) is 24.5. The second-order valence-electron chi connectivity index (χ2n) is 5.62. The summed E-state index contributed by atoms with van der Waals surface area (Å²) in [4.78, 5) is 34.8. The predicted molar refractivity (Wildman–Crippen MR) is 82.4 cm³/mol. The summed E-state index contributed by atoms with van der Waals surface area (Å²) in [5, 5.41) is 12.6. The van der Waals surface area contributed by atoms with Crippen LogP contribution in [0.1, 0.15) is 32.3 Å². The van der Waals surface area contributed by atoms with Gasteiger partial charge in [-0.2, -0.15) is 11.3 Å². The van der Waals surface area contributed by atoms with E-state index in [-0.39, 0.29) is 18.1 Å². The SMILES string of the molecule is CC(CC(=O)O)C(=O)OC1/C(=C/c2ccsc2)C(=O)CC1C. The number of esters is 1. The van der Waals surface area contributed by atoms with Crippen molar-refractivity contribution in [2.45, 2.75) is 32.8 Å². The van der Waals surface area contributed by atoms with Gasteiger partial charge in [0.15, 0.2) is 5.78 Å². The van der Waals surface area contributed by atoms with E-state index >= 15 is 0 Å². The van der Waals surface area contributed by atoms with E-state index in [0.717, 1.165) is 5.56 Å². The van der Waals surface area contributed by atoms with Crippen LogP contribution in [0, 0.1) is 11.8 Å². The maximum absolute atomic E-state index is 12.1. The number of rotatable bonds is 5. The summed E-state index contributed by atoms with van der Waals surface area (Å²) < 4.78 is 5.43. The molecule has 1 saturated carbocycles. The lowest BCUT2D eigenvalue weighted by molar-refractivity contribution is -0.156. The van der Waals surface area contributed by atoms with Gasteiger partial charge in [-0.25, -0.2) is 0 Å². The highest BCUT2D eigenvalue weighted by atomic mass is 32.1. The molecule has 2 rings (SSSR count). The number of carbonyl (C=O) groups excluding carboxylic acids is 2. The second-order valence-corrected chi connectivity index (χ2v) is 6.40. The van der Waals surface area contributed by atoms with Gasteiger partial charge in [-0.3, -0.25) is 14.4 Å². The minimum absolute atomic E-state index is 0.0256. The Morgan fingerprint density at radius 2 is 2.27 bits per heavy atom. The van der Waals surface area contributed by atoms with Gasteiger partial charge in [-0.15, -0.1) is 0 Å². The molecule has 1 N–H and O–H groups in total. The second kappa shape index (κ2) is 6.87. The summed E-state index contributed by atoms with van der Waals surface area (Å²) in [6.45, 7) is 3.37. The Morgan fingerprint density at radius 1 is 1.55 bits per heavy atom. The van der Waals surface area contributed by atoms with Crippen LogP contribution < -0.4 is 0 Å². The topological polar surface area (TPSA) is 80.7 Å². The van der Waals surface area contributed by atoms with Gasteiger partial charge in [0, 0.05) is 17.9 Å². The van der Waals surface area contributed by atoms with Gasteiger partial charge in [-0.1, -0.05) is 13.8 Å². The van der Waals surface area contributed by atoms with Crippen molar-refractivity contribution in [3.63, 3.8) is 0 Å². The monoisotopic (exact) mass is 322 g/mol. The van der Waals surface area contributed by atoms with Gasteiger partial charge in [0.25, 0.3) is 0 Å². The number of carbonyl (C=O) groups is 3. The van der Waals surface area contributed by atoms with Crippen LogP contribution in [0.5, 0.6) is 0 Å². The molecule has 0 radical (unpaired) electrons. The minimum atomic E-state index is -1.05. The number of hydrogen-bond acceptors (Lipinski definition) is 5. The average Bonchev–Trinajstić information content (AvgIpc) is 3.01. The van der Waals surface area contributed by atoms with Crippen molar-refractivity contribution in [3.05, 3.63) is 28.0 Å². The summed E-state index contributed by atoms with van der Waals surface area (Å²) in [5.41, 5.74) is 1.39. The quantitative estimate of drug-likeness (QED) is 0.666. The maximum Gasteiger partial charge on any atom is 0.309 e. The fourth-order valence-electron chi connectivity index (χ4n) is 2.45. The van der Waals surface area contributed by atoms with Gasteiger partial charge < -0.3 is 9.84 Å². The van der Waals surface area contributed by atoms with Crippen LogP contribution in [-0.4, -0.2) is 28.9 Å². The number of carboxylic acids is 1. The molecule has 1 fully saturated rings. The van der Waals surface area contributed by atoms with E-state index in [4.69, 9.17) is 9.84 Å². The van der Waals surface area contributed by atoms with E-state index in [9.17, 15) is 14.4 Å². The molecule has 1 heterocycles. The molecule has 1 aliphatic rings. The van der Waals surface area contributed by atoms with Crippen molar-refractivity contribution >= 4 is 35.1 Å². The van der Waals surface area contributed by atoms with E-state index in [1.165, 1.54) is 18.3 Å². The van der Waals surface area contributed by atoms with E-state index in [0.29, 0.717) is 12.0 Å². The number of carboxylic acid groups (broad SMARTS) is 1. The average molecular weight is 322 g/mol. The largest absolute Gasteiger partial charge is 0.481 e. The highest BCUT2D eigenvalue weighted by Gasteiger charge is 2.38. The molecule has 6 heteroatoms. The minimum Gasteiger partial charge on any atom is -0.481 e. The molecule has 0 aliphatic heterocycles.